The largest absolute Gasteiger partial charge is 0.573 e. The number of hydrogen-bond acceptors (Lipinski definition) is 5. The summed E-state index contributed by atoms with van der Waals surface area (Å²) in [6.45, 7) is 0. The lowest BCUT2D eigenvalue weighted by molar-refractivity contribution is -0.384. The minimum atomic E-state index is -4.81. The average Bonchev–Trinajstić information content (AvgIpc) is 2.54. The molecule has 25 heavy (non-hydrogen) atoms. The molecule has 0 saturated heterocycles. The van der Waals surface area contributed by atoms with Crippen LogP contribution in [0.15, 0.2) is 42.5 Å². The molecule has 0 bridgehead atoms. The fraction of sp³-hybridized carbons (Fsp3) is 0.133. The molecule has 132 valence electrons. The van der Waals surface area contributed by atoms with Gasteiger partial charge in [0, 0.05) is 30.6 Å². The summed E-state index contributed by atoms with van der Waals surface area (Å²) in [5, 5.41) is 16.0. The minimum absolute atomic E-state index is 0.0207. The summed E-state index contributed by atoms with van der Waals surface area (Å²) in [7, 11) is 1.54. The highest BCUT2D eigenvalue weighted by Gasteiger charge is 2.31. The molecule has 10 heteroatoms. The van der Waals surface area contributed by atoms with E-state index < -0.39 is 22.9 Å². The van der Waals surface area contributed by atoms with Gasteiger partial charge in [0.25, 0.3) is 11.6 Å². The lowest BCUT2D eigenvalue weighted by atomic mass is 10.1. The summed E-state index contributed by atoms with van der Waals surface area (Å²) in [6, 6.07) is 8.23. The number of carbonyl (C=O) groups excluding carboxylic acids is 1. The van der Waals surface area contributed by atoms with Gasteiger partial charge in [-0.1, -0.05) is 0 Å². The van der Waals surface area contributed by atoms with Crippen molar-refractivity contribution in [3.63, 3.8) is 0 Å². The molecule has 1 amide bonds. The van der Waals surface area contributed by atoms with Crippen molar-refractivity contribution in [1.82, 2.24) is 0 Å². The summed E-state index contributed by atoms with van der Waals surface area (Å²) in [5.74, 6) is -1.09. The number of rotatable bonds is 5. The normalized spacial score (nSPS) is 10.9. The number of alkyl halides is 3. The van der Waals surface area contributed by atoms with Gasteiger partial charge in [-0.15, -0.1) is 13.2 Å². The maximum atomic E-state index is 12.3. The number of non-ortho nitro benzene ring substituents is 1. The van der Waals surface area contributed by atoms with E-state index in [1.54, 1.807) is 7.05 Å². The van der Waals surface area contributed by atoms with E-state index in [-0.39, 0.29) is 16.9 Å². The number of carbonyl (C=O) groups is 1. The Morgan fingerprint density at radius 3 is 2.32 bits per heavy atom. The van der Waals surface area contributed by atoms with Crippen molar-refractivity contribution in [2.75, 3.05) is 17.7 Å². The van der Waals surface area contributed by atoms with E-state index in [4.69, 9.17) is 0 Å². The first kappa shape index (κ1) is 18.0. The second-order valence-corrected chi connectivity index (χ2v) is 4.76. The third-order valence-corrected chi connectivity index (χ3v) is 3.07. The monoisotopic (exact) mass is 355 g/mol. The third kappa shape index (κ3) is 4.83. The van der Waals surface area contributed by atoms with Gasteiger partial charge in [-0.3, -0.25) is 14.9 Å². The van der Waals surface area contributed by atoms with Crippen LogP contribution in [-0.4, -0.2) is 24.2 Å². The summed E-state index contributed by atoms with van der Waals surface area (Å²) in [6.07, 6.45) is -4.81. The zero-order valence-corrected chi connectivity index (χ0v) is 12.8. The van der Waals surface area contributed by atoms with E-state index in [9.17, 15) is 28.1 Å². The highest BCUT2D eigenvalue weighted by Crippen LogP contribution is 2.26. The molecule has 0 radical (unpaired) electrons. The molecule has 2 rings (SSSR count). The van der Waals surface area contributed by atoms with Crippen LogP contribution in [0.25, 0.3) is 0 Å². The number of amides is 1. The van der Waals surface area contributed by atoms with Crippen LogP contribution in [0.3, 0.4) is 0 Å². The van der Waals surface area contributed by atoms with Gasteiger partial charge in [0.2, 0.25) is 0 Å². The fourth-order valence-electron chi connectivity index (χ4n) is 1.99. The summed E-state index contributed by atoms with van der Waals surface area (Å²) < 4.78 is 40.0. The van der Waals surface area contributed by atoms with Crippen molar-refractivity contribution in [1.29, 1.82) is 0 Å². The van der Waals surface area contributed by atoms with Crippen molar-refractivity contribution < 1.29 is 27.6 Å². The average molecular weight is 355 g/mol. The van der Waals surface area contributed by atoms with Crippen molar-refractivity contribution in [3.8, 4) is 5.75 Å². The molecule has 2 N–H and O–H groups in total. The molecule has 0 spiro atoms. The Bertz CT molecular complexity index is 792. The van der Waals surface area contributed by atoms with Crippen LogP contribution in [0.4, 0.5) is 30.2 Å². The molecule has 0 aliphatic carbocycles. The van der Waals surface area contributed by atoms with E-state index >= 15 is 0 Å². The van der Waals surface area contributed by atoms with Gasteiger partial charge in [-0.25, -0.2) is 0 Å². The van der Waals surface area contributed by atoms with Gasteiger partial charge in [-0.05, 0) is 30.3 Å². The summed E-state index contributed by atoms with van der Waals surface area (Å²) >= 11 is 0. The van der Waals surface area contributed by atoms with Gasteiger partial charge in [0.15, 0.2) is 0 Å². The highest BCUT2D eigenvalue weighted by molar-refractivity contribution is 6.08. The first-order valence-electron chi connectivity index (χ1n) is 6.83. The Morgan fingerprint density at radius 1 is 1.16 bits per heavy atom. The molecule has 0 fully saturated rings. The van der Waals surface area contributed by atoms with Crippen LogP contribution < -0.4 is 15.4 Å². The topological polar surface area (TPSA) is 93.5 Å². The van der Waals surface area contributed by atoms with Crippen LogP contribution in [-0.2, 0) is 0 Å². The highest BCUT2D eigenvalue weighted by atomic mass is 19.4. The van der Waals surface area contributed by atoms with Crippen molar-refractivity contribution in [2.24, 2.45) is 0 Å². The Kier molecular flexibility index (Phi) is 5.11. The Morgan fingerprint density at radius 2 is 1.80 bits per heavy atom. The molecule has 0 atom stereocenters. The van der Waals surface area contributed by atoms with Gasteiger partial charge in [0.1, 0.15) is 5.75 Å². The molecule has 0 unspecified atom stereocenters. The Labute approximate surface area is 139 Å². The molecule has 2 aromatic carbocycles. The number of benzene rings is 2. The molecule has 0 aromatic heterocycles. The zero-order valence-electron chi connectivity index (χ0n) is 12.8. The lowest BCUT2D eigenvalue weighted by Crippen LogP contribution is -2.17. The van der Waals surface area contributed by atoms with Crippen LogP contribution in [0.1, 0.15) is 10.4 Å². The maximum absolute atomic E-state index is 12.3. The number of ether oxygens (including phenoxy) is 1. The number of nitro benzene ring substituents is 1. The molecular formula is C15H12F3N3O4. The first-order valence-corrected chi connectivity index (χ1v) is 6.83. The van der Waals surface area contributed by atoms with Gasteiger partial charge in [0.05, 0.1) is 10.5 Å². The predicted octanol–water partition coefficient (Wildman–Crippen LogP) is 3.79. The van der Waals surface area contributed by atoms with E-state index in [1.165, 1.54) is 24.3 Å². The molecule has 0 heterocycles. The number of nitrogens with one attached hydrogen (secondary N) is 2. The Balaban J connectivity index is 2.19. The molecule has 0 saturated carbocycles. The SMILES string of the molecule is CNc1ccc([N+](=O)[O-])cc1C(=O)Nc1ccc(OC(F)(F)F)cc1. The summed E-state index contributed by atoms with van der Waals surface area (Å²) in [4.78, 5) is 22.5. The molecule has 0 aliphatic heterocycles. The Hall–Kier alpha value is -3.30. The van der Waals surface area contributed by atoms with Crippen LogP contribution in [0, 0.1) is 10.1 Å². The standard InChI is InChI=1S/C15H12F3N3O4/c1-19-13-7-4-10(21(23)24)8-12(13)14(22)20-9-2-5-11(6-3-9)25-15(16,17)18/h2-8,19H,1H3,(H,20,22). The molecule has 2 aromatic rings. The lowest BCUT2D eigenvalue weighted by Gasteiger charge is -2.11. The predicted molar refractivity (Wildman–Crippen MR) is 83.7 cm³/mol. The van der Waals surface area contributed by atoms with Crippen LogP contribution >= 0.6 is 0 Å². The minimum Gasteiger partial charge on any atom is -0.406 e. The number of nitrogens with zero attached hydrogens (tertiary/aromatic N) is 1. The van der Waals surface area contributed by atoms with Crippen LogP contribution in [0.5, 0.6) is 5.75 Å². The van der Waals surface area contributed by atoms with Gasteiger partial charge in [-0.2, -0.15) is 0 Å². The van der Waals surface area contributed by atoms with E-state index in [2.05, 4.69) is 15.4 Å². The second kappa shape index (κ2) is 7.07. The third-order valence-electron chi connectivity index (χ3n) is 3.07. The fourth-order valence-corrected chi connectivity index (χ4v) is 1.99. The molecule has 0 aliphatic rings. The maximum Gasteiger partial charge on any atom is 0.573 e. The number of nitro groups is 1. The molecular weight excluding hydrogens is 343 g/mol. The van der Waals surface area contributed by atoms with Crippen molar-refractivity contribution in [2.45, 2.75) is 6.36 Å². The smallest absolute Gasteiger partial charge is 0.406 e. The quantitative estimate of drug-likeness (QED) is 0.629. The van der Waals surface area contributed by atoms with Gasteiger partial charge >= 0.3 is 6.36 Å². The number of halogens is 3. The summed E-state index contributed by atoms with van der Waals surface area (Å²) in [5.41, 5.74) is 0.318. The first-order chi connectivity index (χ1) is 11.7. The van der Waals surface area contributed by atoms with E-state index in [1.807, 2.05) is 0 Å². The number of hydrogen-bond donors (Lipinski definition) is 2. The van der Waals surface area contributed by atoms with E-state index in [0.717, 1.165) is 18.2 Å². The number of anilines is 2. The zero-order chi connectivity index (χ0) is 18.6. The van der Waals surface area contributed by atoms with Crippen LogP contribution in [0.2, 0.25) is 0 Å². The molecule has 7 nitrogen and oxygen atoms in total. The van der Waals surface area contributed by atoms with E-state index in [0.29, 0.717) is 5.69 Å². The van der Waals surface area contributed by atoms with Crippen molar-refractivity contribution >= 4 is 23.0 Å². The van der Waals surface area contributed by atoms with Crippen molar-refractivity contribution in [3.05, 3.63) is 58.1 Å². The second-order valence-electron chi connectivity index (χ2n) is 4.76. The van der Waals surface area contributed by atoms with Gasteiger partial charge < -0.3 is 15.4 Å².